The molecule has 3 aromatic carbocycles. The van der Waals surface area contributed by atoms with Crippen LogP contribution in [0.25, 0.3) is 5.57 Å². The number of hydrogen-bond acceptors (Lipinski definition) is 0. The van der Waals surface area contributed by atoms with Crippen molar-refractivity contribution < 1.29 is 0 Å². The smallest absolute Gasteiger partial charge is 0.0652 e. The summed E-state index contributed by atoms with van der Waals surface area (Å²) in [5.41, 5.74) is 7.17. The highest BCUT2D eigenvalue weighted by atomic mass is 28.3. The predicted octanol–water partition coefficient (Wildman–Crippen LogP) is 5.34. The Kier molecular flexibility index (Phi) is 4.96. The van der Waals surface area contributed by atoms with Crippen LogP contribution >= 0.6 is 0 Å². The van der Waals surface area contributed by atoms with Gasteiger partial charge in [0.05, 0.1) is 0 Å². The van der Waals surface area contributed by atoms with Crippen LogP contribution in [-0.2, 0) is 0 Å². The largest absolute Gasteiger partial charge is 0.150 e. The summed E-state index contributed by atoms with van der Waals surface area (Å²) >= 11 is 0. The molecule has 0 aliphatic heterocycles. The standard InChI is InChI=1S/C26H25Si/c1-19-11-10-12-22(17-19)25-18-26(21(3)20(25)2)27(23-13-6-4-7-14-23)24-15-8-5-9-16-24/h4-17H,18H2,1-3H3. The minimum absolute atomic E-state index is 0.970. The van der Waals surface area contributed by atoms with Gasteiger partial charge in [0.2, 0.25) is 0 Å². The SMILES string of the molecule is CC1=C(c2cccc(C)c2)CC([Si](c2ccccc2)c2ccccc2)=C1C. The van der Waals surface area contributed by atoms with E-state index in [9.17, 15) is 0 Å². The lowest BCUT2D eigenvalue weighted by atomic mass is 9.99. The summed E-state index contributed by atoms with van der Waals surface area (Å²) in [6.45, 7) is 6.80. The van der Waals surface area contributed by atoms with E-state index >= 15 is 0 Å². The first kappa shape index (κ1) is 17.8. The van der Waals surface area contributed by atoms with Crippen LogP contribution in [0.3, 0.4) is 0 Å². The van der Waals surface area contributed by atoms with Crippen molar-refractivity contribution >= 4 is 24.7 Å². The van der Waals surface area contributed by atoms with Crippen molar-refractivity contribution in [2.75, 3.05) is 0 Å². The topological polar surface area (TPSA) is 0 Å². The van der Waals surface area contributed by atoms with Crippen LogP contribution in [0.4, 0.5) is 0 Å². The maximum Gasteiger partial charge on any atom is 0.150 e. The fourth-order valence-corrected chi connectivity index (χ4v) is 7.04. The Morgan fingerprint density at radius 3 is 1.78 bits per heavy atom. The van der Waals surface area contributed by atoms with E-state index in [-0.39, 0.29) is 0 Å². The van der Waals surface area contributed by atoms with E-state index in [4.69, 9.17) is 0 Å². The van der Waals surface area contributed by atoms with Gasteiger partial charge in [0.1, 0.15) is 0 Å². The van der Waals surface area contributed by atoms with E-state index in [1.54, 1.807) is 5.20 Å². The molecular weight excluding hydrogens is 340 g/mol. The lowest BCUT2D eigenvalue weighted by Gasteiger charge is -2.19. The Morgan fingerprint density at radius 1 is 0.630 bits per heavy atom. The number of allylic oxidation sites excluding steroid dienone is 4. The first-order valence-corrected chi connectivity index (χ1v) is 11.1. The van der Waals surface area contributed by atoms with Crippen LogP contribution in [0.1, 0.15) is 31.4 Å². The van der Waals surface area contributed by atoms with E-state index in [0.29, 0.717) is 0 Å². The second kappa shape index (κ2) is 7.54. The van der Waals surface area contributed by atoms with Crippen LogP contribution in [0.5, 0.6) is 0 Å². The quantitative estimate of drug-likeness (QED) is 0.548. The molecule has 0 bridgehead atoms. The van der Waals surface area contributed by atoms with Crippen molar-refractivity contribution in [2.45, 2.75) is 27.2 Å². The lowest BCUT2D eigenvalue weighted by Crippen LogP contribution is -2.44. The van der Waals surface area contributed by atoms with Crippen molar-refractivity contribution in [3.63, 3.8) is 0 Å². The lowest BCUT2D eigenvalue weighted by molar-refractivity contribution is 1.34. The first-order chi connectivity index (χ1) is 13.1. The van der Waals surface area contributed by atoms with Crippen molar-refractivity contribution in [1.82, 2.24) is 0 Å². The number of hydrogen-bond donors (Lipinski definition) is 0. The van der Waals surface area contributed by atoms with E-state index in [1.165, 1.54) is 38.2 Å². The molecule has 0 atom stereocenters. The van der Waals surface area contributed by atoms with Crippen LogP contribution < -0.4 is 10.4 Å². The van der Waals surface area contributed by atoms with Gasteiger partial charge in [0.15, 0.2) is 8.80 Å². The van der Waals surface area contributed by atoms with Crippen molar-refractivity contribution in [2.24, 2.45) is 0 Å². The van der Waals surface area contributed by atoms with Crippen LogP contribution in [0.15, 0.2) is 101 Å². The average molecular weight is 366 g/mol. The fourth-order valence-electron chi connectivity index (χ4n) is 4.05. The van der Waals surface area contributed by atoms with Gasteiger partial charge in [0.25, 0.3) is 0 Å². The molecule has 0 N–H and O–H groups in total. The molecule has 1 aliphatic rings. The Morgan fingerprint density at radius 2 is 1.22 bits per heavy atom. The summed E-state index contributed by atoms with van der Waals surface area (Å²) in [4.78, 5) is 0. The van der Waals surface area contributed by atoms with Gasteiger partial charge in [-0.05, 0) is 43.9 Å². The van der Waals surface area contributed by atoms with Gasteiger partial charge in [-0.25, -0.2) is 0 Å². The fraction of sp³-hybridized carbons (Fsp3) is 0.154. The number of benzene rings is 3. The van der Waals surface area contributed by atoms with Crippen LogP contribution in [-0.4, -0.2) is 8.80 Å². The molecule has 0 saturated heterocycles. The molecule has 0 saturated carbocycles. The van der Waals surface area contributed by atoms with Gasteiger partial charge >= 0.3 is 0 Å². The van der Waals surface area contributed by atoms with Crippen molar-refractivity contribution in [3.05, 3.63) is 112 Å². The summed E-state index contributed by atoms with van der Waals surface area (Å²) in [6, 6.07) is 31.1. The maximum absolute atomic E-state index is 2.33. The van der Waals surface area contributed by atoms with E-state index in [1.807, 2.05) is 0 Å². The molecular formula is C26H25Si. The molecule has 0 nitrogen and oxygen atoms in total. The second-order valence-corrected chi connectivity index (χ2v) is 9.87. The third-order valence-electron chi connectivity index (χ3n) is 5.61. The van der Waals surface area contributed by atoms with Gasteiger partial charge < -0.3 is 0 Å². The molecule has 1 heteroatoms. The number of rotatable bonds is 4. The second-order valence-electron chi connectivity index (χ2n) is 7.36. The van der Waals surface area contributed by atoms with Crippen LogP contribution in [0, 0.1) is 6.92 Å². The van der Waals surface area contributed by atoms with E-state index in [0.717, 1.165) is 6.42 Å². The molecule has 1 radical (unpaired) electrons. The summed E-state index contributed by atoms with van der Waals surface area (Å²) in [7, 11) is -0.970. The summed E-state index contributed by atoms with van der Waals surface area (Å²) < 4.78 is 0. The molecule has 133 valence electrons. The molecule has 3 aromatic rings. The minimum atomic E-state index is -0.970. The molecule has 1 aliphatic carbocycles. The van der Waals surface area contributed by atoms with Gasteiger partial charge in [-0.3, -0.25) is 0 Å². The normalized spacial score (nSPS) is 14.4. The third kappa shape index (κ3) is 3.48. The molecule has 4 rings (SSSR count). The molecule has 0 amide bonds. The third-order valence-corrected chi connectivity index (χ3v) is 8.59. The van der Waals surface area contributed by atoms with Gasteiger partial charge in [0, 0.05) is 0 Å². The van der Waals surface area contributed by atoms with Gasteiger partial charge in [-0.1, -0.05) is 112 Å². The van der Waals surface area contributed by atoms with E-state index in [2.05, 4.69) is 106 Å². The zero-order valence-electron chi connectivity index (χ0n) is 16.3. The molecule has 0 fully saturated rings. The Bertz CT molecular complexity index is 971. The summed E-state index contributed by atoms with van der Waals surface area (Å²) in [6.07, 6.45) is 1.07. The van der Waals surface area contributed by atoms with Crippen LogP contribution in [0.2, 0.25) is 0 Å². The highest BCUT2D eigenvalue weighted by molar-refractivity contribution is 6.91. The highest BCUT2D eigenvalue weighted by Gasteiger charge is 2.29. The first-order valence-electron chi connectivity index (χ1n) is 9.60. The summed E-state index contributed by atoms with van der Waals surface area (Å²) in [5, 5.41) is 4.58. The molecule has 0 unspecified atom stereocenters. The zero-order chi connectivity index (χ0) is 18.8. The predicted molar refractivity (Wildman–Crippen MR) is 119 cm³/mol. The van der Waals surface area contributed by atoms with Crippen molar-refractivity contribution in [1.29, 1.82) is 0 Å². The Balaban J connectivity index is 1.79. The average Bonchev–Trinajstić information content (AvgIpc) is 2.99. The van der Waals surface area contributed by atoms with Gasteiger partial charge in [-0.2, -0.15) is 0 Å². The zero-order valence-corrected chi connectivity index (χ0v) is 17.3. The number of aryl methyl sites for hydroxylation is 1. The molecule has 0 heterocycles. The van der Waals surface area contributed by atoms with Crippen molar-refractivity contribution in [3.8, 4) is 0 Å². The Labute approximate surface area is 164 Å². The summed E-state index contributed by atoms with van der Waals surface area (Å²) in [5.74, 6) is 0. The Hall–Kier alpha value is -2.64. The van der Waals surface area contributed by atoms with Gasteiger partial charge in [-0.15, -0.1) is 0 Å². The molecule has 0 spiro atoms. The van der Waals surface area contributed by atoms with E-state index < -0.39 is 8.80 Å². The highest BCUT2D eigenvalue weighted by Crippen LogP contribution is 2.39. The molecule has 27 heavy (non-hydrogen) atoms. The maximum atomic E-state index is 2.33. The minimum Gasteiger partial charge on any atom is -0.0652 e. The monoisotopic (exact) mass is 365 g/mol. The molecule has 0 aromatic heterocycles.